The average Bonchev–Trinajstić information content (AvgIpc) is 4.32. The second-order valence-corrected chi connectivity index (χ2v) is 21.3. The summed E-state index contributed by atoms with van der Waals surface area (Å²) in [6, 6.07) is 19.1. The number of aromatic nitrogens is 6. The Morgan fingerprint density at radius 1 is 0.747 bits per heavy atom. The lowest BCUT2D eigenvalue weighted by molar-refractivity contribution is 0.102. The number of nitrogens with zero attached hydrogens (tertiary/aromatic N) is 10. The number of benzene rings is 2. The third-order valence-electron chi connectivity index (χ3n) is 13.0. The highest BCUT2D eigenvalue weighted by molar-refractivity contribution is 7.08. The highest BCUT2D eigenvalue weighted by atomic mass is 35.5. The van der Waals surface area contributed by atoms with Crippen molar-refractivity contribution in [2.45, 2.75) is 91.6 Å². The first-order valence-electron chi connectivity index (χ1n) is 25.7. The molecule has 79 heavy (non-hydrogen) atoms. The van der Waals surface area contributed by atoms with E-state index >= 15 is 0 Å². The zero-order valence-electron chi connectivity index (χ0n) is 47.5. The molecule has 0 saturated heterocycles. The number of likely N-dealkylation sites (N-methyl/N-ethyl adjacent to an activating group) is 2. The molecule has 7 N–H and O–H groups in total. The van der Waals surface area contributed by atoms with E-state index in [0.717, 1.165) is 34.2 Å². The topological polar surface area (TPSA) is 265 Å². The Hall–Kier alpha value is -6.80. The van der Waals surface area contributed by atoms with Gasteiger partial charge >= 0.3 is 18.2 Å². The van der Waals surface area contributed by atoms with Crippen LogP contribution in [0.15, 0.2) is 82.4 Å². The molecule has 0 bridgehead atoms. The molecule has 430 valence electrons. The van der Waals surface area contributed by atoms with Crippen LogP contribution in [0.5, 0.6) is 0 Å². The standard InChI is InChI=1S/C22H27N7O2S.C21H30N6O3.C6H15N.C4H2ClNOS.CH4O/c1-22(2)18-15(19(27-26-18)25-20(30)17-12-32-13-23-17)10-29(22)21(31)24-16(11-28(3)4)14-8-6-5-7-9-14;1-6-30-20(29)27-18(22)15-12-26(21(2,3)17(15)24-27)19(28)23-16(13-25(4)5)14-10-8-7-9-11-14;1-4-7(5-2)6-3;5-4(7)3-1-8-2-6-3;1-2/h5-9,12-13,16H,10-11H2,1-4H3,(H,24,31)(H2,25,26,27,30);7-11,16H,6,12-13,22H2,1-5H3,(H,23,28);4-6H2,1-3H3;1-2H;2H,1H3/t2*16-;;;/m11.../s1. The van der Waals surface area contributed by atoms with Crippen LogP contribution in [0.4, 0.5) is 26.0 Å². The van der Waals surface area contributed by atoms with E-state index in [4.69, 9.17) is 27.2 Å². The van der Waals surface area contributed by atoms with Gasteiger partial charge in [0.2, 0.25) is 0 Å². The van der Waals surface area contributed by atoms with E-state index in [1.807, 2.05) is 126 Å². The Bertz CT molecular complexity index is 2840. The Balaban J connectivity index is 0.000000264. The number of hydrogen-bond acceptors (Lipinski definition) is 17. The lowest BCUT2D eigenvalue weighted by Gasteiger charge is -2.34. The van der Waals surface area contributed by atoms with Gasteiger partial charge in [-0.05, 0) is 105 Å². The number of ether oxygens (including phenoxy) is 1. The van der Waals surface area contributed by atoms with Gasteiger partial charge in [-0.25, -0.2) is 24.4 Å². The van der Waals surface area contributed by atoms with Gasteiger partial charge in [0.05, 0.1) is 65.3 Å². The van der Waals surface area contributed by atoms with E-state index in [1.165, 1.54) is 42.3 Å². The molecule has 6 aromatic rings. The molecule has 2 aromatic carbocycles. The van der Waals surface area contributed by atoms with Gasteiger partial charge in [-0.1, -0.05) is 81.4 Å². The lowest BCUT2D eigenvalue weighted by atomic mass is 10.0. The minimum Gasteiger partial charge on any atom is -0.448 e. The molecule has 0 spiro atoms. The van der Waals surface area contributed by atoms with Gasteiger partial charge in [0, 0.05) is 42.1 Å². The summed E-state index contributed by atoms with van der Waals surface area (Å²) in [5.74, 6) is 0.311. The maximum absolute atomic E-state index is 13.4. The number of H-pyrrole nitrogens is 1. The highest BCUT2D eigenvalue weighted by Crippen LogP contribution is 2.42. The number of nitrogens with two attached hydrogens (primary N) is 1. The van der Waals surface area contributed by atoms with Crippen molar-refractivity contribution in [1.29, 1.82) is 0 Å². The highest BCUT2D eigenvalue weighted by Gasteiger charge is 2.46. The average molecular weight is 1150 g/mol. The number of aliphatic hydroxyl groups excluding tert-OH is 1. The summed E-state index contributed by atoms with van der Waals surface area (Å²) in [5.41, 5.74) is 13.6. The fraction of sp³-hybridized carbons (Fsp3) is 0.463. The van der Waals surface area contributed by atoms with E-state index < -0.39 is 22.4 Å². The molecule has 0 saturated carbocycles. The molecule has 22 nitrogen and oxygen atoms in total. The third-order valence-corrected chi connectivity index (χ3v) is 14.3. The first kappa shape index (κ1) is 64.7. The van der Waals surface area contributed by atoms with Crippen LogP contribution in [-0.2, 0) is 28.9 Å². The van der Waals surface area contributed by atoms with Crippen molar-refractivity contribution >= 4 is 75.2 Å². The van der Waals surface area contributed by atoms with Crippen LogP contribution in [0, 0.1) is 0 Å². The predicted octanol–water partition coefficient (Wildman–Crippen LogP) is 8.19. The van der Waals surface area contributed by atoms with Crippen LogP contribution >= 0.6 is 34.3 Å². The fourth-order valence-electron chi connectivity index (χ4n) is 8.69. The number of nitrogens with one attached hydrogen (secondary N) is 4. The Kier molecular flexibility index (Phi) is 25.0. The number of rotatable bonds is 15. The molecule has 8 rings (SSSR count). The van der Waals surface area contributed by atoms with Crippen LogP contribution < -0.4 is 21.7 Å². The molecule has 25 heteroatoms. The van der Waals surface area contributed by atoms with Gasteiger partial charge in [0.15, 0.2) is 5.82 Å². The second kappa shape index (κ2) is 30.5. The molecule has 6 heterocycles. The number of nitrogen functional groups attached to an aromatic ring is 1. The molecule has 2 aliphatic heterocycles. The molecule has 0 fully saturated rings. The molecule has 2 aliphatic rings. The Morgan fingerprint density at radius 3 is 1.61 bits per heavy atom. The van der Waals surface area contributed by atoms with Crippen molar-refractivity contribution in [2.24, 2.45) is 0 Å². The Morgan fingerprint density at radius 2 is 1.22 bits per heavy atom. The zero-order chi connectivity index (χ0) is 58.6. The summed E-state index contributed by atoms with van der Waals surface area (Å²) in [5, 5.41) is 30.6. The number of halogens is 1. The van der Waals surface area contributed by atoms with Gasteiger partial charge in [0.1, 0.15) is 17.2 Å². The number of carbonyl (C=O) groups excluding carboxylic acids is 5. The first-order chi connectivity index (χ1) is 37.6. The van der Waals surface area contributed by atoms with E-state index in [1.54, 1.807) is 38.5 Å². The summed E-state index contributed by atoms with van der Waals surface area (Å²) >= 11 is 7.75. The monoisotopic (exact) mass is 1150 g/mol. The number of thiazole rings is 2. The number of fused-ring (bicyclic) bond motifs is 2. The lowest BCUT2D eigenvalue weighted by Crippen LogP contribution is -2.48. The molecule has 4 aromatic heterocycles. The number of aromatic amines is 1. The first-order valence-corrected chi connectivity index (χ1v) is 28.0. The number of aliphatic hydroxyl groups is 1. The van der Waals surface area contributed by atoms with Crippen LogP contribution in [0.1, 0.15) is 122 Å². The van der Waals surface area contributed by atoms with Gasteiger partial charge in [-0.2, -0.15) is 10.2 Å². The zero-order valence-corrected chi connectivity index (χ0v) is 49.9. The van der Waals surface area contributed by atoms with Gasteiger partial charge in [-0.3, -0.25) is 14.7 Å². The minimum absolute atomic E-state index is 0.157. The normalized spacial score (nSPS) is 14.2. The molecular weight excluding hydrogens is 1070 g/mol. The summed E-state index contributed by atoms with van der Waals surface area (Å²) in [6.07, 6.45) is -0.619. The summed E-state index contributed by atoms with van der Waals surface area (Å²) in [4.78, 5) is 79.0. The van der Waals surface area contributed by atoms with Crippen molar-refractivity contribution < 1.29 is 33.8 Å². The summed E-state index contributed by atoms with van der Waals surface area (Å²) < 4.78 is 6.08. The number of amides is 5. The molecule has 0 radical (unpaired) electrons. The van der Waals surface area contributed by atoms with E-state index in [-0.39, 0.29) is 49.0 Å². The van der Waals surface area contributed by atoms with E-state index in [9.17, 15) is 24.0 Å². The van der Waals surface area contributed by atoms with Crippen LogP contribution in [-0.4, -0.2) is 163 Å². The minimum atomic E-state index is -0.732. The van der Waals surface area contributed by atoms with Crippen molar-refractivity contribution in [3.8, 4) is 0 Å². The largest absolute Gasteiger partial charge is 0.448 e. The number of carbonyl (C=O) groups is 5. The predicted molar refractivity (Wildman–Crippen MR) is 311 cm³/mol. The van der Waals surface area contributed by atoms with Crippen LogP contribution in [0.2, 0.25) is 0 Å². The number of hydrogen-bond donors (Lipinski definition) is 6. The van der Waals surface area contributed by atoms with Crippen LogP contribution in [0.25, 0.3) is 0 Å². The second-order valence-electron chi connectivity index (χ2n) is 19.5. The fourth-order valence-corrected chi connectivity index (χ4v) is 9.92. The van der Waals surface area contributed by atoms with Gasteiger partial charge in [0.25, 0.3) is 11.1 Å². The van der Waals surface area contributed by atoms with Gasteiger partial charge in [-0.15, -0.1) is 27.4 Å². The number of urea groups is 2. The maximum atomic E-state index is 13.4. The molecule has 2 atom stereocenters. The van der Waals surface area contributed by atoms with Crippen molar-refractivity contribution in [3.05, 3.63) is 127 Å². The molecule has 5 amide bonds. The van der Waals surface area contributed by atoms with Crippen molar-refractivity contribution in [2.75, 3.05) is 85.7 Å². The Labute approximate surface area is 476 Å². The van der Waals surface area contributed by atoms with E-state index in [2.05, 4.69) is 66.9 Å². The van der Waals surface area contributed by atoms with Crippen molar-refractivity contribution in [3.63, 3.8) is 0 Å². The van der Waals surface area contributed by atoms with Crippen molar-refractivity contribution in [1.82, 2.24) is 65.1 Å². The maximum Gasteiger partial charge on any atom is 0.436 e. The third kappa shape index (κ3) is 17.1. The molecule has 0 aliphatic carbocycles. The summed E-state index contributed by atoms with van der Waals surface area (Å²) in [6.45, 7) is 21.7. The molecular formula is C54H78ClN15O7S2. The summed E-state index contributed by atoms with van der Waals surface area (Å²) in [7, 11) is 8.90. The van der Waals surface area contributed by atoms with Crippen LogP contribution in [0.3, 0.4) is 0 Å². The van der Waals surface area contributed by atoms with E-state index in [0.29, 0.717) is 48.1 Å². The quantitative estimate of drug-likeness (QED) is 0.0529. The number of anilines is 2. The SMILES string of the molecule is CCN(CC)CC.CCOC(=O)n1nc2c(c1N)CN(C(=O)N[C@H](CN(C)C)c1ccccc1)C2(C)C.CN(C)C[C@@H](NC(=O)N1Cc2c(NC(=O)c3cscn3)n[nH]c2C1(C)C)c1ccccc1.CO.O=C(Cl)c1cscn1. The smallest absolute Gasteiger partial charge is 0.436 e. The molecule has 0 unspecified atom stereocenters. The van der Waals surface area contributed by atoms with Gasteiger partial charge < -0.3 is 56.0 Å².